The number of sulfonamides is 1. The van der Waals surface area contributed by atoms with Crippen LogP contribution in [0, 0.1) is 0 Å². The molecule has 1 aliphatic heterocycles. The van der Waals surface area contributed by atoms with Crippen LogP contribution in [0.15, 0.2) is 59.8 Å². The molecule has 2 aromatic heterocycles. The zero-order chi connectivity index (χ0) is 18.9. The van der Waals surface area contributed by atoms with Crippen LogP contribution in [0.4, 0.5) is 0 Å². The summed E-state index contributed by atoms with van der Waals surface area (Å²) in [5, 5.41) is 2.81. The maximum atomic E-state index is 12.5. The lowest BCUT2D eigenvalue weighted by atomic mass is 10.2. The molecule has 1 amide bonds. The molecule has 0 radical (unpaired) electrons. The Morgan fingerprint density at radius 2 is 1.81 bits per heavy atom. The fraction of sp³-hybridized carbons (Fsp3) is 0.263. The van der Waals surface area contributed by atoms with E-state index in [4.69, 9.17) is 0 Å². The number of pyridine rings is 1. The maximum absolute atomic E-state index is 12.5. The predicted molar refractivity (Wildman–Crippen MR) is 101 cm³/mol. The van der Waals surface area contributed by atoms with Crippen LogP contribution < -0.4 is 5.32 Å². The first-order valence-electron chi connectivity index (χ1n) is 8.85. The number of imidazole rings is 1. The third kappa shape index (κ3) is 3.58. The molecule has 1 aliphatic rings. The second-order valence-corrected chi connectivity index (χ2v) is 8.45. The van der Waals surface area contributed by atoms with Crippen molar-refractivity contribution in [2.45, 2.75) is 24.3 Å². The Labute approximate surface area is 157 Å². The van der Waals surface area contributed by atoms with E-state index in [2.05, 4.69) is 10.3 Å². The number of benzene rings is 1. The number of aromatic nitrogens is 2. The number of amides is 1. The molecule has 3 heterocycles. The summed E-state index contributed by atoms with van der Waals surface area (Å²) in [6.07, 6.45) is 5.54. The van der Waals surface area contributed by atoms with E-state index in [1.807, 2.05) is 35.0 Å². The Hall–Kier alpha value is -2.71. The van der Waals surface area contributed by atoms with Gasteiger partial charge in [-0.25, -0.2) is 13.4 Å². The predicted octanol–water partition coefficient (Wildman–Crippen LogP) is 2.05. The smallest absolute Gasteiger partial charge is 0.251 e. The molecule has 4 rings (SSSR count). The van der Waals surface area contributed by atoms with E-state index in [1.54, 1.807) is 12.1 Å². The molecule has 0 spiro atoms. The van der Waals surface area contributed by atoms with E-state index >= 15 is 0 Å². The molecule has 140 valence electrons. The van der Waals surface area contributed by atoms with Gasteiger partial charge in [0.15, 0.2) is 0 Å². The van der Waals surface area contributed by atoms with E-state index in [0.717, 1.165) is 24.2 Å². The van der Waals surface area contributed by atoms with Gasteiger partial charge in [-0.15, -0.1) is 0 Å². The van der Waals surface area contributed by atoms with Gasteiger partial charge in [0.1, 0.15) is 5.65 Å². The van der Waals surface area contributed by atoms with Crippen LogP contribution in [0.3, 0.4) is 0 Å². The number of carbonyl (C=O) groups excluding carboxylic acids is 1. The third-order valence-electron chi connectivity index (χ3n) is 4.66. The minimum absolute atomic E-state index is 0.223. The van der Waals surface area contributed by atoms with Crippen LogP contribution in [0.25, 0.3) is 5.65 Å². The van der Waals surface area contributed by atoms with Crippen molar-refractivity contribution in [1.29, 1.82) is 0 Å². The molecule has 1 fully saturated rings. The molecule has 1 aromatic carbocycles. The second-order valence-electron chi connectivity index (χ2n) is 6.52. The topological polar surface area (TPSA) is 83.8 Å². The Balaban J connectivity index is 1.43. The minimum atomic E-state index is -3.46. The fourth-order valence-corrected chi connectivity index (χ4v) is 4.72. The minimum Gasteiger partial charge on any atom is -0.346 e. The highest BCUT2D eigenvalue weighted by molar-refractivity contribution is 7.89. The monoisotopic (exact) mass is 384 g/mol. The summed E-state index contributed by atoms with van der Waals surface area (Å²) in [6, 6.07) is 11.8. The molecular formula is C19H20N4O3S. The summed E-state index contributed by atoms with van der Waals surface area (Å²) >= 11 is 0. The van der Waals surface area contributed by atoms with Gasteiger partial charge in [0.05, 0.1) is 17.1 Å². The highest BCUT2D eigenvalue weighted by Gasteiger charge is 2.27. The Morgan fingerprint density at radius 1 is 1.07 bits per heavy atom. The summed E-state index contributed by atoms with van der Waals surface area (Å²) in [6.45, 7) is 1.42. The molecule has 8 heteroatoms. The van der Waals surface area contributed by atoms with E-state index in [-0.39, 0.29) is 10.8 Å². The number of carbonyl (C=O) groups is 1. The second kappa shape index (κ2) is 7.13. The quantitative estimate of drug-likeness (QED) is 0.730. The molecule has 0 atom stereocenters. The summed E-state index contributed by atoms with van der Waals surface area (Å²) in [4.78, 5) is 17.0. The van der Waals surface area contributed by atoms with Crippen molar-refractivity contribution in [2.75, 3.05) is 13.1 Å². The summed E-state index contributed by atoms with van der Waals surface area (Å²) in [5.41, 5.74) is 1.99. The first-order chi connectivity index (χ1) is 13.0. The highest BCUT2D eigenvalue weighted by atomic mass is 32.2. The zero-order valence-electron chi connectivity index (χ0n) is 14.7. The van der Waals surface area contributed by atoms with Gasteiger partial charge in [-0.05, 0) is 49.2 Å². The van der Waals surface area contributed by atoms with E-state index in [1.165, 1.54) is 16.4 Å². The summed E-state index contributed by atoms with van der Waals surface area (Å²) in [5.74, 6) is -0.267. The standard InChI is InChI=1S/C19H20N4O3S/c24-19(20-13-16-14-22-10-2-1-5-18(22)21-16)15-6-8-17(9-7-15)27(25,26)23-11-3-4-12-23/h1-2,5-10,14H,3-4,11-13H2,(H,20,24). The number of nitrogens with one attached hydrogen (secondary N) is 1. The van der Waals surface area contributed by atoms with Crippen LogP contribution in [0.5, 0.6) is 0 Å². The van der Waals surface area contributed by atoms with E-state index < -0.39 is 10.0 Å². The number of hydrogen-bond acceptors (Lipinski definition) is 4. The van der Waals surface area contributed by atoms with Crippen molar-refractivity contribution in [2.24, 2.45) is 0 Å². The van der Waals surface area contributed by atoms with Crippen LogP contribution in [-0.2, 0) is 16.6 Å². The molecule has 3 aromatic rings. The normalized spacial score (nSPS) is 15.3. The SMILES string of the molecule is O=C(NCc1cn2ccccc2n1)c1ccc(S(=O)(=O)N2CCCC2)cc1. The van der Waals surface area contributed by atoms with Crippen molar-refractivity contribution < 1.29 is 13.2 Å². The number of nitrogens with zero attached hydrogens (tertiary/aromatic N) is 3. The van der Waals surface area contributed by atoms with Crippen LogP contribution in [-0.4, -0.2) is 41.1 Å². The molecule has 7 nitrogen and oxygen atoms in total. The van der Waals surface area contributed by atoms with E-state index in [0.29, 0.717) is 25.2 Å². The van der Waals surface area contributed by atoms with Crippen molar-refractivity contribution in [3.05, 3.63) is 66.1 Å². The zero-order valence-corrected chi connectivity index (χ0v) is 15.5. The summed E-state index contributed by atoms with van der Waals surface area (Å²) < 4.78 is 28.4. The Bertz CT molecular complexity index is 1030. The molecular weight excluding hydrogens is 364 g/mol. The van der Waals surface area contributed by atoms with Crippen molar-refractivity contribution in [1.82, 2.24) is 19.0 Å². The number of fused-ring (bicyclic) bond motifs is 1. The van der Waals surface area contributed by atoms with Gasteiger partial charge in [0.2, 0.25) is 10.0 Å². The first-order valence-corrected chi connectivity index (χ1v) is 10.3. The first kappa shape index (κ1) is 17.7. The van der Waals surface area contributed by atoms with Gasteiger partial charge in [-0.3, -0.25) is 4.79 Å². The van der Waals surface area contributed by atoms with Crippen molar-refractivity contribution in [3.63, 3.8) is 0 Å². The average Bonchev–Trinajstić information content (AvgIpc) is 3.36. The fourth-order valence-electron chi connectivity index (χ4n) is 3.20. The lowest BCUT2D eigenvalue weighted by Crippen LogP contribution is -2.28. The molecule has 1 N–H and O–H groups in total. The lowest BCUT2D eigenvalue weighted by molar-refractivity contribution is 0.0950. The summed E-state index contributed by atoms with van der Waals surface area (Å²) in [7, 11) is -3.46. The van der Waals surface area contributed by atoms with Gasteiger partial charge in [-0.2, -0.15) is 4.31 Å². The number of hydrogen-bond donors (Lipinski definition) is 1. The van der Waals surface area contributed by atoms with Crippen LogP contribution in [0.1, 0.15) is 28.9 Å². The highest BCUT2D eigenvalue weighted by Crippen LogP contribution is 2.21. The van der Waals surface area contributed by atoms with Crippen LogP contribution >= 0.6 is 0 Å². The maximum Gasteiger partial charge on any atom is 0.251 e. The van der Waals surface area contributed by atoms with Gasteiger partial charge in [0.25, 0.3) is 5.91 Å². The Kier molecular flexibility index (Phi) is 4.67. The molecule has 1 saturated heterocycles. The molecule has 0 aliphatic carbocycles. The lowest BCUT2D eigenvalue weighted by Gasteiger charge is -2.15. The molecule has 0 bridgehead atoms. The van der Waals surface area contributed by atoms with Crippen molar-refractivity contribution >= 4 is 21.6 Å². The molecule has 0 unspecified atom stereocenters. The molecule has 27 heavy (non-hydrogen) atoms. The Morgan fingerprint density at radius 3 is 2.52 bits per heavy atom. The van der Waals surface area contributed by atoms with Gasteiger partial charge >= 0.3 is 0 Å². The van der Waals surface area contributed by atoms with Gasteiger partial charge < -0.3 is 9.72 Å². The largest absolute Gasteiger partial charge is 0.346 e. The molecule has 0 saturated carbocycles. The van der Waals surface area contributed by atoms with Crippen molar-refractivity contribution in [3.8, 4) is 0 Å². The van der Waals surface area contributed by atoms with E-state index in [9.17, 15) is 13.2 Å². The number of rotatable bonds is 5. The average molecular weight is 384 g/mol. The third-order valence-corrected chi connectivity index (χ3v) is 6.58. The van der Waals surface area contributed by atoms with Gasteiger partial charge in [0, 0.05) is 31.0 Å². The van der Waals surface area contributed by atoms with Crippen LogP contribution in [0.2, 0.25) is 0 Å². The van der Waals surface area contributed by atoms with Gasteiger partial charge in [-0.1, -0.05) is 6.07 Å².